The van der Waals surface area contributed by atoms with Crippen molar-refractivity contribution >= 4 is 11.6 Å². The number of aromatic nitrogens is 2. The highest BCUT2D eigenvalue weighted by atomic mass is 19.4. The minimum atomic E-state index is -4.68. The molecule has 10 heteroatoms. The maximum absolute atomic E-state index is 13.2. The van der Waals surface area contributed by atoms with Gasteiger partial charge >= 0.3 is 11.9 Å². The summed E-state index contributed by atoms with van der Waals surface area (Å²) in [5, 5.41) is 16.7. The number of hydrogen-bond acceptors (Lipinski definition) is 4. The zero-order valence-corrected chi connectivity index (χ0v) is 13.4. The van der Waals surface area contributed by atoms with Gasteiger partial charge in [0.05, 0.1) is 4.92 Å². The number of aryl methyl sites for hydroxylation is 1. The third-order valence-corrected chi connectivity index (χ3v) is 3.58. The van der Waals surface area contributed by atoms with Crippen LogP contribution >= 0.6 is 0 Å². The van der Waals surface area contributed by atoms with Gasteiger partial charge in [0, 0.05) is 0 Å². The molecule has 1 atom stereocenters. The van der Waals surface area contributed by atoms with E-state index in [0.29, 0.717) is 0 Å². The van der Waals surface area contributed by atoms with E-state index >= 15 is 0 Å². The van der Waals surface area contributed by atoms with Crippen molar-refractivity contribution in [2.45, 2.75) is 32.6 Å². The summed E-state index contributed by atoms with van der Waals surface area (Å²) in [7, 11) is 0. The lowest BCUT2D eigenvalue weighted by Gasteiger charge is -2.22. The summed E-state index contributed by atoms with van der Waals surface area (Å²) in [5.41, 5.74) is -0.183. The number of benzene rings is 1. The predicted octanol–water partition coefficient (Wildman–Crippen LogP) is 2.83. The number of rotatable bonds is 5. The second-order valence-corrected chi connectivity index (χ2v) is 5.39. The molecular formula is C15H15F3N4O3. The van der Waals surface area contributed by atoms with Gasteiger partial charge in [-0.3, -0.25) is 19.6 Å². The maximum Gasteiger partial charge on any atom is 0.412 e. The number of nitrogens with one attached hydrogen (secondary N) is 1. The monoisotopic (exact) mass is 356 g/mol. The Kier molecular flexibility index (Phi) is 5.10. The van der Waals surface area contributed by atoms with Gasteiger partial charge in [0.15, 0.2) is 6.04 Å². The van der Waals surface area contributed by atoms with Crippen molar-refractivity contribution in [2.75, 3.05) is 0 Å². The molecule has 0 saturated heterocycles. The molecule has 1 aromatic heterocycles. The number of carbonyl (C=O) groups is 1. The van der Waals surface area contributed by atoms with Crippen molar-refractivity contribution in [3.63, 3.8) is 0 Å². The largest absolute Gasteiger partial charge is 0.412 e. The summed E-state index contributed by atoms with van der Waals surface area (Å²) in [6.45, 7) is 2.21. The highest BCUT2D eigenvalue weighted by molar-refractivity contribution is 5.76. The first-order chi connectivity index (χ1) is 11.6. The van der Waals surface area contributed by atoms with Crippen LogP contribution in [0.25, 0.3) is 0 Å². The van der Waals surface area contributed by atoms with E-state index in [4.69, 9.17) is 0 Å². The van der Waals surface area contributed by atoms with Crippen LogP contribution in [0.1, 0.15) is 23.0 Å². The Bertz CT molecular complexity index is 787. The average molecular weight is 356 g/mol. The Morgan fingerprint density at radius 3 is 2.40 bits per heavy atom. The molecule has 1 aromatic carbocycles. The van der Waals surface area contributed by atoms with Crippen molar-refractivity contribution in [3.05, 3.63) is 57.4 Å². The predicted molar refractivity (Wildman–Crippen MR) is 81.7 cm³/mol. The third-order valence-electron chi connectivity index (χ3n) is 3.58. The van der Waals surface area contributed by atoms with Gasteiger partial charge in [-0.15, -0.1) is 0 Å². The molecule has 1 unspecified atom stereocenters. The van der Waals surface area contributed by atoms with Crippen molar-refractivity contribution in [1.82, 2.24) is 15.1 Å². The second kappa shape index (κ2) is 6.91. The van der Waals surface area contributed by atoms with Crippen LogP contribution in [0.15, 0.2) is 30.3 Å². The molecule has 2 rings (SSSR count). The highest BCUT2D eigenvalue weighted by Gasteiger charge is 2.41. The van der Waals surface area contributed by atoms with Gasteiger partial charge in [0.1, 0.15) is 17.9 Å². The average Bonchev–Trinajstić information content (AvgIpc) is 2.78. The molecule has 134 valence electrons. The Balaban J connectivity index is 2.21. The summed E-state index contributed by atoms with van der Waals surface area (Å²) in [4.78, 5) is 22.3. The van der Waals surface area contributed by atoms with Gasteiger partial charge in [0.25, 0.3) is 0 Å². The highest BCUT2D eigenvalue weighted by Crippen LogP contribution is 2.32. The molecule has 0 aliphatic carbocycles. The van der Waals surface area contributed by atoms with Gasteiger partial charge in [0.2, 0.25) is 5.91 Å². The molecule has 2 aromatic rings. The van der Waals surface area contributed by atoms with E-state index in [-0.39, 0.29) is 22.6 Å². The number of hydrogen-bond donors (Lipinski definition) is 1. The molecule has 0 aliphatic rings. The van der Waals surface area contributed by atoms with Gasteiger partial charge < -0.3 is 5.32 Å². The zero-order chi connectivity index (χ0) is 18.8. The Hall–Kier alpha value is -2.91. The van der Waals surface area contributed by atoms with Crippen LogP contribution in [0, 0.1) is 24.0 Å². The van der Waals surface area contributed by atoms with E-state index in [0.717, 1.165) is 4.68 Å². The van der Waals surface area contributed by atoms with Crippen LogP contribution in [-0.4, -0.2) is 26.8 Å². The van der Waals surface area contributed by atoms with Gasteiger partial charge in [-0.2, -0.15) is 18.3 Å². The van der Waals surface area contributed by atoms with Crippen LogP contribution in [0.5, 0.6) is 0 Å². The lowest BCUT2D eigenvalue weighted by Crippen LogP contribution is -2.39. The van der Waals surface area contributed by atoms with Crippen LogP contribution in [0.4, 0.5) is 18.9 Å². The van der Waals surface area contributed by atoms with Gasteiger partial charge in [-0.1, -0.05) is 30.3 Å². The lowest BCUT2D eigenvalue weighted by molar-refractivity contribution is -0.386. The number of amides is 1. The lowest BCUT2D eigenvalue weighted by atomic mass is 10.1. The fourth-order valence-electron chi connectivity index (χ4n) is 2.45. The first-order valence-corrected chi connectivity index (χ1v) is 7.20. The van der Waals surface area contributed by atoms with E-state index in [1.165, 1.54) is 38.1 Å². The number of carbonyl (C=O) groups excluding carboxylic acids is 1. The fraction of sp³-hybridized carbons (Fsp3) is 0.333. The molecular weight excluding hydrogens is 341 g/mol. The van der Waals surface area contributed by atoms with Crippen molar-refractivity contribution in [2.24, 2.45) is 0 Å². The number of nitro groups is 1. The third kappa shape index (κ3) is 4.14. The van der Waals surface area contributed by atoms with Crippen LogP contribution in [-0.2, 0) is 11.3 Å². The molecule has 1 heterocycles. The molecule has 1 amide bonds. The Morgan fingerprint density at radius 2 is 1.92 bits per heavy atom. The van der Waals surface area contributed by atoms with Crippen molar-refractivity contribution in [1.29, 1.82) is 0 Å². The van der Waals surface area contributed by atoms with Crippen LogP contribution < -0.4 is 5.32 Å². The number of nitrogens with zero attached hydrogens (tertiary/aromatic N) is 3. The molecule has 1 N–H and O–H groups in total. The number of alkyl halides is 3. The quantitative estimate of drug-likeness (QED) is 0.659. The van der Waals surface area contributed by atoms with Crippen LogP contribution in [0.2, 0.25) is 0 Å². The minimum Gasteiger partial charge on any atom is -0.339 e. The maximum atomic E-state index is 13.2. The summed E-state index contributed by atoms with van der Waals surface area (Å²) >= 11 is 0. The van der Waals surface area contributed by atoms with E-state index in [1.54, 1.807) is 6.07 Å². The molecule has 0 saturated carbocycles. The van der Waals surface area contributed by atoms with E-state index in [1.807, 2.05) is 5.32 Å². The standard InChI is InChI=1S/C15H15F3N4O3/c1-9-13(22(24)25)10(2)21(20-9)8-12(23)19-14(15(16,17)18)11-6-4-3-5-7-11/h3-7,14H,8H2,1-2H3,(H,19,23). The molecule has 7 nitrogen and oxygen atoms in total. The number of halogens is 3. The normalized spacial score (nSPS) is 12.7. The van der Waals surface area contributed by atoms with Crippen LogP contribution in [0.3, 0.4) is 0 Å². The Labute approximate surface area is 140 Å². The van der Waals surface area contributed by atoms with Gasteiger partial charge in [-0.05, 0) is 19.4 Å². The van der Waals surface area contributed by atoms with E-state index in [9.17, 15) is 28.1 Å². The van der Waals surface area contributed by atoms with Crippen molar-refractivity contribution in [3.8, 4) is 0 Å². The molecule has 0 radical (unpaired) electrons. The molecule has 0 aliphatic heterocycles. The van der Waals surface area contributed by atoms with E-state index in [2.05, 4.69) is 5.10 Å². The first-order valence-electron chi connectivity index (χ1n) is 7.20. The smallest absolute Gasteiger partial charge is 0.339 e. The topological polar surface area (TPSA) is 90.1 Å². The minimum absolute atomic E-state index is 0.0886. The summed E-state index contributed by atoms with van der Waals surface area (Å²) in [6, 6.07) is 4.77. The van der Waals surface area contributed by atoms with E-state index < -0.39 is 29.6 Å². The van der Waals surface area contributed by atoms with Crippen molar-refractivity contribution < 1.29 is 22.9 Å². The Morgan fingerprint density at radius 1 is 1.32 bits per heavy atom. The molecule has 0 bridgehead atoms. The first kappa shape index (κ1) is 18.4. The summed E-state index contributed by atoms with van der Waals surface area (Å²) in [5.74, 6) is -0.952. The van der Waals surface area contributed by atoms with Gasteiger partial charge in [-0.25, -0.2) is 0 Å². The molecule has 0 fully saturated rings. The molecule has 0 spiro atoms. The molecule has 25 heavy (non-hydrogen) atoms. The fourth-order valence-corrected chi connectivity index (χ4v) is 2.45. The zero-order valence-electron chi connectivity index (χ0n) is 13.4. The SMILES string of the molecule is Cc1nn(CC(=O)NC(c2ccccc2)C(F)(F)F)c(C)c1[N+](=O)[O-]. The second-order valence-electron chi connectivity index (χ2n) is 5.39. The summed E-state index contributed by atoms with van der Waals surface area (Å²) in [6.07, 6.45) is -4.68. The summed E-state index contributed by atoms with van der Waals surface area (Å²) < 4.78 is 40.7.